The molecule has 19 heavy (non-hydrogen) atoms. The first-order valence-corrected chi connectivity index (χ1v) is 7.07. The number of hydrogen-bond donors (Lipinski definition) is 2. The number of amides is 1. The van der Waals surface area contributed by atoms with Gasteiger partial charge in [0, 0.05) is 11.5 Å². The van der Waals surface area contributed by atoms with Crippen LogP contribution in [0.5, 0.6) is 0 Å². The minimum atomic E-state index is -0.554. The molecule has 0 aliphatic heterocycles. The number of primary amides is 1. The molecule has 0 bridgehead atoms. The van der Waals surface area contributed by atoms with Gasteiger partial charge in [-0.25, -0.2) is 0 Å². The van der Waals surface area contributed by atoms with E-state index >= 15 is 0 Å². The summed E-state index contributed by atoms with van der Waals surface area (Å²) in [6.07, 6.45) is 4.44. The molecular formula is C13H25N5O. The van der Waals surface area contributed by atoms with Crippen LogP contribution in [0.2, 0.25) is 0 Å². The summed E-state index contributed by atoms with van der Waals surface area (Å²) in [7, 11) is 0. The Labute approximate surface area is 114 Å². The Morgan fingerprint density at radius 1 is 1.53 bits per heavy atom. The summed E-state index contributed by atoms with van der Waals surface area (Å²) < 4.78 is 0. The molecule has 1 aliphatic rings. The SMILES string of the molecule is CC(C)C1CCC(NCCCN=[N+]=[N-])(C(N)=O)CC1. The van der Waals surface area contributed by atoms with Gasteiger partial charge in [0.25, 0.3) is 0 Å². The van der Waals surface area contributed by atoms with E-state index in [0.717, 1.165) is 32.1 Å². The molecule has 0 atom stereocenters. The van der Waals surface area contributed by atoms with Crippen LogP contribution in [0.4, 0.5) is 0 Å². The van der Waals surface area contributed by atoms with Crippen molar-refractivity contribution in [3.05, 3.63) is 10.4 Å². The van der Waals surface area contributed by atoms with Crippen LogP contribution in [-0.4, -0.2) is 24.5 Å². The summed E-state index contributed by atoms with van der Waals surface area (Å²) in [5, 5.41) is 6.78. The standard InChI is InChI=1S/C13H25N5O/c1-10(2)11-4-6-13(7-5-11,12(14)19)16-8-3-9-17-18-15/h10-11,16H,3-9H2,1-2H3,(H2,14,19). The number of nitrogens with two attached hydrogens (primary N) is 1. The summed E-state index contributed by atoms with van der Waals surface area (Å²) >= 11 is 0. The molecule has 1 fully saturated rings. The fourth-order valence-corrected chi connectivity index (χ4v) is 2.83. The molecule has 6 nitrogen and oxygen atoms in total. The maximum atomic E-state index is 11.8. The lowest BCUT2D eigenvalue weighted by atomic mass is 9.72. The van der Waals surface area contributed by atoms with Crippen molar-refractivity contribution < 1.29 is 4.79 Å². The van der Waals surface area contributed by atoms with Crippen LogP contribution in [0, 0.1) is 11.8 Å². The lowest BCUT2D eigenvalue weighted by Crippen LogP contribution is -2.57. The van der Waals surface area contributed by atoms with Crippen molar-refractivity contribution in [1.29, 1.82) is 0 Å². The fourth-order valence-electron chi connectivity index (χ4n) is 2.83. The zero-order valence-corrected chi connectivity index (χ0v) is 11.9. The summed E-state index contributed by atoms with van der Waals surface area (Å²) in [5.41, 5.74) is 13.2. The quantitative estimate of drug-likeness (QED) is 0.320. The van der Waals surface area contributed by atoms with Crippen molar-refractivity contribution in [2.24, 2.45) is 22.7 Å². The van der Waals surface area contributed by atoms with Crippen LogP contribution in [0.3, 0.4) is 0 Å². The zero-order valence-electron chi connectivity index (χ0n) is 11.9. The molecule has 0 aromatic rings. The molecule has 1 saturated carbocycles. The first kappa shape index (κ1) is 15.8. The van der Waals surface area contributed by atoms with E-state index in [1.54, 1.807) is 0 Å². The molecular weight excluding hydrogens is 242 g/mol. The van der Waals surface area contributed by atoms with Crippen molar-refractivity contribution in [2.45, 2.75) is 51.5 Å². The van der Waals surface area contributed by atoms with E-state index in [9.17, 15) is 4.79 Å². The number of azide groups is 1. The van der Waals surface area contributed by atoms with Crippen molar-refractivity contribution in [2.75, 3.05) is 13.1 Å². The molecule has 0 unspecified atom stereocenters. The highest BCUT2D eigenvalue weighted by Crippen LogP contribution is 2.35. The Bertz CT molecular complexity index is 341. The topological polar surface area (TPSA) is 104 Å². The van der Waals surface area contributed by atoms with Crippen LogP contribution in [-0.2, 0) is 4.79 Å². The van der Waals surface area contributed by atoms with Crippen molar-refractivity contribution in [3.63, 3.8) is 0 Å². The second kappa shape index (κ2) is 7.36. The van der Waals surface area contributed by atoms with Gasteiger partial charge in [0.2, 0.25) is 5.91 Å². The molecule has 1 rings (SSSR count). The molecule has 0 radical (unpaired) electrons. The predicted molar refractivity (Wildman–Crippen MR) is 75.4 cm³/mol. The van der Waals surface area contributed by atoms with Crippen LogP contribution in [0.1, 0.15) is 46.0 Å². The number of carbonyl (C=O) groups excluding carboxylic acids is 1. The van der Waals surface area contributed by atoms with Crippen LogP contribution >= 0.6 is 0 Å². The van der Waals surface area contributed by atoms with Crippen molar-refractivity contribution >= 4 is 5.91 Å². The number of rotatable bonds is 7. The molecule has 0 saturated heterocycles. The third-order valence-corrected chi connectivity index (χ3v) is 4.26. The van der Waals surface area contributed by atoms with Gasteiger partial charge in [-0.2, -0.15) is 0 Å². The van der Waals surface area contributed by atoms with Gasteiger partial charge in [0.1, 0.15) is 0 Å². The molecule has 0 aromatic heterocycles. The second-order valence-corrected chi connectivity index (χ2v) is 5.76. The Morgan fingerprint density at radius 2 is 2.16 bits per heavy atom. The average Bonchev–Trinajstić information content (AvgIpc) is 2.38. The zero-order chi connectivity index (χ0) is 14.3. The normalized spacial score (nSPS) is 27.0. The van der Waals surface area contributed by atoms with Gasteiger partial charge >= 0.3 is 0 Å². The minimum absolute atomic E-state index is 0.251. The first-order valence-electron chi connectivity index (χ1n) is 7.07. The number of nitrogens with zero attached hydrogens (tertiary/aromatic N) is 3. The largest absolute Gasteiger partial charge is 0.368 e. The number of hydrogen-bond acceptors (Lipinski definition) is 3. The Kier molecular flexibility index (Phi) is 6.12. The molecule has 0 spiro atoms. The summed E-state index contributed by atoms with van der Waals surface area (Å²) in [5.74, 6) is 1.10. The minimum Gasteiger partial charge on any atom is -0.368 e. The van der Waals surface area contributed by atoms with E-state index in [4.69, 9.17) is 11.3 Å². The molecule has 1 amide bonds. The van der Waals surface area contributed by atoms with Crippen molar-refractivity contribution in [1.82, 2.24) is 5.32 Å². The lowest BCUT2D eigenvalue weighted by molar-refractivity contribution is -0.126. The van der Waals surface area contributed by atoms with E-state index in [2.05, 4.69) is 29.2 Å². The average molecular weight is 267 g/mol. The van der Waals surface area contributed by atoms with Gasteiger partial charge in [-0.15, -0.1) is 0 Å². The summed E-state index contributed by atoms with van der Waals surface area (Å²) in [4.78, 5) is 14.5. The highest BCUT2D eigenvalue weighted by molar-refractivity contribution is 5.84. The van der Waals surface area contributed by atoms with Crippen LogP contribution in [0.25, 0.3) is 10.4 Å². The van der Waals surface area contributed by atoms with Gasteiger partial charge in [-0.05, 0) is 56.0 Å². The highest BCUT2D eigenvalue weighted by atomic mass is 16.1. The molecule has 0 aromatic carbocycles. The van der Waals surface area contributed by atoms with E-state index in [0.29, 0.717) is 24.9 Å². The molecule has 1 aliphatic carbocycles. The van der Waals surface area contributed by atoms with Gasteiger partial charge in [0.15, 0.2) is 0 Å². The van der Waals surface area contributed by atoms with Gasteiger partial charge in [-0.3, -0.25) is 4.79 Å². The predicted octanol–water partition coefficient (Wildman–Crippen LogP) is 2.35. The van der Waals surface area contributed by atoms with E-state index in [-0.39, 0.29) is 5.91 Å². The van der Waals surface area contributed by atoms with E-state index in [1.165, 1.54) is 0 Å². The number of nitrogens with one attached hydrogen (secondary N) is 1. The van der Waals surface area contributed by atoms with Gasteiger partial charge < -0.3 is 11.1 Å². The summed E-state index contributed by atoms with van der Waals surface area (Å²) in [6.45, 7) is 5.58. The third kappa shape index (κ3) is 4.40. The monoisotopic (exact) mass is 267 g/mol. The van der Waals surface area contributed by atoms with Crippen molar-refractivity contribution in [3.8, 4) is 0 Å². The van der Waals surface area contributed by atoms with Crippen LogP contribution in [0.15, 0.2) is 5.11 Å². The molecule has 0 heterocycles. The third-order valence-electron chi connectivity index (χ3n) is 4.26. The second-order valence-electron chi connectivity index (χ2n) is 5.76. The molecule has 3 N–H and O–H groups in total. The van der Waals surface area contributed by atoms with Gasteiger partial charge in [0.05, 0.1) is 5.54 Å². The summed E-state index contributed by atoms with van der Waals surface area (Å²) in [6, 6.07) is 0. The fraction of sp³-hybridized carbons (Fsp3) is 0.923. The van der Waals surface area contributed by atoms with Crippen LogP contribution < -0.4 is 11.1 Å². The lowest BCUT2D eigenvalue weighted by Gasteiger charge is -2.39. The molecule has 6 heteroatoms. The maximum absolute atomic E-state index is 11.8. The van der Waals surface area contributed by atoms with E-state index in [1.807, 2.05) is 0 Å². The number of carbonyl (C=O) groups is 1. The van der Waals surface area contributed by atoms with Gasteiger partial charge in [-0.1, -0.05) is 19.0 Å². The highest BCUT2D eigenvalue weighted by Gasteiger charge is 2.40. The smallest absolute Gasteiger partial charge is 0.237 e. The Balaban J connectivity index is 2.48. The Morgan fingerprint density at radius 3 is 2.63 bits per heavy atom. The first-order chi connectivity index (χ1) is 9.02. The molecule has 108 valence electrons. The Hall–Kier alpha value is -1.26. The maximum Gasteiger partial charge on any atom is 0.237 e. The van der Waals surface area contributed by atoms with E-state index < -0.39 is 5.54 Å².